The molecule has 5 rings (SSSR count). The molecule has 0 saturated carbocycles. The number of carboxylic acids is 1. The summed E-state index contributed by atoms with van der Waals surface area (Å²) in [5, 5.41) is 13.2. The molecule has 1 saturated heterocycles. The van der Waals surface area contributed by atoms with Gasteiger partial charge in [-0.25, -0.2) is 4.79 Å². The van der Waals surface area contributed by atoms with Crippen LogP contribution in [0.2, 0.25) is 0 Å². The number of aliphatic carboxylic acids is 1. The molecule has 0 spiro atoms. The van der Waals surface area contributed by atoms with Crippen molar-refractivity contribution in [2.45, 2.75) is 57.5 Å². The van der Waals surface area contributed by atoms with Crippen LogP contribution in [0, 0.1) is 5.41 Å². The molecule has 1 aliphatic heterocycles. The van der Waals surface area contributed by atoms with Gasteiger partial charge in [-0.1, -0.05) is 61.5 Å². The van der Waals surface area contributed by atoms with Crippen LogP contribution in [0.1, 0.15) is 37.8 Å². The lowest BCUT2D eigenvalue weighted by Crippen LogP contribution is -2.55. The van der Waals surface area contributed by atoms with E-state index in [-0.39, 0.29) is 47.7 Å². The second-order valence-corrected chi connectivity index (χ2v) is 12.5. The number of nitrogens with one attached hydrogen (secondary N) is 1. The summed E-state index contributed by atoms with van der Waals surface area (Å²) < 4.78 is 84.0. The summed E-state index contributed by atoms with van der Waals surface area (Å²) in [7, 11) is 1.40. The second-order valence-electron chi connectivity index (χ2n) is 12.5. The number of hydrogen-bond acceptors (Lipinski definition) is 4. The third-order valence-corrected chi connectivity index (χ3v) is 9.15. The van der Waals surface area contributed by atoms with Gasteiger partial charge < -0.3 is 15.0 Å². The van der Waals surface area contributed by atoms with E-state index in [1.807, 2.05) is 0 Å². The van der Waals surface area contributed by atoms with Crippen molar-refractivity contribution >= 4 is 33.6 Å². The lowest BCUT2D eigenvalue weighted by molar-refractivity contribution is -0.159. The summed E-state index contributed by atoms with van der Waals surface area (Å²) in [6, 6.07) is 12.9. The minimum absolute atomic E-state index is 0.00256. The fourth-order valence-electron chi connectivity index (χ4n) is 6.73. The Kier molecular flexibility index (Phi) is 8.91. The number of pyridine rings is 1. The van der Waals surface area contributed by atoms with Crippen LogP contribution in [0.5, 0.6) is 0 Å². The number of alkyl halides is 6. The number of aromatic nitrogens is 1. The van der Waals surface area contributed by atoms with Crippen molar-refractivity contribution in [1.29, 1.82) is 0 Å². The number of fused-ring (bicyclic) bond motifs is 2. The number of nitrogens with zero attached hydrogens (tertiary/aromatic N) is 2. The zero-order chi connectivity index (χ0) is 34.5. The number of hydrogen-bond donors (Lipinski definition) is 2. The summed E-state index contributed by atoms with van der Waals surface area (Å²) in [6.45, 7) is 2.08. The summed E-state index contributed by atoms with van der Waals surface area (Å²) in [6.07, 6.45) is -9.34. The first-order chi connectivity index (χ1) is 21.9. The van der Waals surface area contributed by atoms with Gasteiger partial charge in [0.15, 0.2) is 0 Å². The van der Waals surface area contributed by atoms with Crippen LogP contribution in [0.15, 0.2) is 65.5 Å². The number of benzene rings is 3. The number of carbonyl (C=O) groups excluding carboxylic acids is 1. The van der Waals surface area contributed by atoms with E-state index in [1.54, 1.807) is 44.2 Å². The number of rotatable bonds is 7. The summed E-state index contributed by atoms with van der Waals surface area (Å²) >= 11 is 0. The van der Waals surface area contributed by atoms with Gasteiger partial charge in [-0.3, -0.25) is 14.5 Å². The molecule has 1 fully saturated rings. The molecule has 1 amide bonds. The first-order valence-electron chi connectivity index (χ1n) is 15.0. The average Bonchev–Trinajstić information content (AvgIpc) is 2.98. The Morgan fingerprint density at radius 1 is 0.979 bits per heavy atom. The highest BCUT2D eigenvalue weighted by molar-refractivity contribution is 6.02. The number of carboxylic acid groups (broad SMARTS) is 1. The molecule has 13 heteroatoms. The van der Waals surface area contributed by atoms with E-state index in [1.165, 1.54) is 42.3 Å². The molecule has 2 heterocycles. The Hall–Kier alpha value is -4.39. The fraction of sp³-hybridized carbons (Fsp3) is 0.382. The summed E-state index contributed by atoms with van der Waals surface area (Å²) in [5.74, 6) is -1.97. The molecule has 3 atom stereocenters. The molecule has 2 N–H and O–H groups in total. The molecule has 1 aliphatic rings. The van der Waals surface area contributed by atoms with Crippen LogP contribution in [-0.2, 0) is 29.2 Å². The van der Waals surface area contributed by atoms with Gasteiger partial charge in [-0.2, -0.15) is 26.3 Å². The molecule has 0 aliphatic carbocycles. The van der Waals surface area contributed by atoms with E-state index in [9.17, 15) is 45.8 Å². The summed E-state index contributed by atoms with van der Waals surface area (Å²) in [5.41, 5.74) is -3.05. The number of carbonyl (C=O) groups is 2. The number of halogens is 6. The van der Waals surface area contributed by atoms with Gasteiger partial charge in [0.2, 0.25) is 5.91 Å². The van der Waals surface area contributed by atoms with E-state index in [4.69, 9.17) is 0 Å². The highest BCUT2D eigenvalue weighted by atomic mass is 19.4. The zero-order valence-electron chi connectivity index (χ0n) is 25.8. The van der Waals surface area contributed by atoms with Crippen LogP contribution in [-0.4, -0.2) is 57.8 Å². The Bertz CT molecular complexity index is 1920. The van der Waals surface area contributed by atoms with E-state index in [2.05, 4.69) is 5.32 Å². The van der Waals surface area contributed by atoms with Crippen LogP contribution in [0.25, 0.3) is 32.8 Å². The second kappa shape index (κ2) is 12.3. The molecule has 2 unspecified atom stereocenters. The SMILES string of the molecule is CC1CC(C)(C(=O)N[C@@H](Cc2cccc3c(-c4c(C(F)(F)F)c5ccccc5n(C)c4=O)cccc23)C(=O)O)CCN1CC(F)(F)F. The lowest BCUT2D eigenvalue weighted by Gasteiger charge is -2.43. The Labute approximate surface area is 265 Å². The lowest BCUT2D eigenvalue weighted by atomic mass is 9.76. The predicted octanol–water partition coefficient (Wildman–Crippen LogP) is 6.54. The smallest absolute Gasteiger partial charge is 0.417 e. The molecule has 250 valence electrons. The molecular formula is C34H33F6N3O4. The van der Waals surface area contributed by atoms with Gasteiger partial charge in [0.05, 0.1) is 23.2 Å². The van der Waals surface area contributed by atoms with Gasteiger partial charge in [0.1, 0.15) is 6.04 Å². The van der Waals surface area contributed by atoms with Gasteiger partial charge in [0, 0.05) is 30.3 Å². The quantitative estimate of drug-likeness (QED) is 0.220. The van der Waals surface area contributed by atoms with Gasteiger partial charge in [0.25, 0.3) is 5.56 Å². The third kappa shape index (κ3) is 6.71. The maximum absolute atomic E-state index is 14.6. The molecule has 1 aromatic heterocycles. The first-order valence-corrected chi connectivity index (χ1v) is 15.0. The van der Waals surface area contributed by atoms with Crippen LogP contribution < -0.4 is 10.9 Å². The van der Waals surface area contributed by atoms with Crippen LogP contribution >= 0.6 is 0 Å². The third-order valence-electron chi connectivity index (χ3n) is 9.15. The highest BCUT2D eigenvalue weighted by Gasteiger charge is 2.44. The molecule has 3 aromatic carbocycles. The van der Waals surface area contributed by atoms with E-state index < -0.39 is 65.0 Å². The Morgan fingerprint density at radius 3 is 2.26 bits per heavy atom. The standard InChI is InChI=1S/C34H33F6N3O4/c1-19-17-32(2,14-15-43(19)18-33(35,36)37)31(47)41-25(30(45)46)16-20-8-6-11-22-21(20)10-7-12-23(22)27-28(34(38,39)40)24-9-4-5-13-26(24)42(3)29(27)44/h4-13,19,25H,14-18H2,1-3H3,(H,41,47)(H,45,46)/t19?,25-,32?/m0/s1. The van der Waals surface area contributed by atoms with Gasteiger partial charge >= 0.3 is 18.3 Å². The van der Waals surface area contributed by atoms with E-state index in [0.717, 1.165) is 4.57 Å². The zero-order valence-corrected chi connectivity index (χ0v) is 25.8. The molecule has 47 heavy (non-hydrogen) atoms. The van der Waals surface area contributed by atoms with Gasteiger partial charge in [-0.15, -0.1) is 0 Å². The van der Waals surface area contributed by atoms with Crippen molar-refractivity contribution in [2.75, 3.05) is 13.1 Å². The van der Waals surface area contributed by atoms with Crippen LogP contribution in [0.3, 0.4) is 0 Å². The van der Waals surface area contributed by atoms with Gasteiger partial charge in [-0.05, 0) is 54.3 Å². The Balaban J connectivity index is 1.50. The molecular weight excluding hydrogens is 628 g/mol. The van der Waals surface area contributed by atoms with Crippen molar-refractivity contribution in [1.82, 2.24) is 14.8 Å². The van der Waals surface area contributed by atoms with E-state index in [0.29, 0.717) is 10.9 Å². The molecule has 0 radical (unpaired) electrons. The monoisotopic (exact) mass is 661 g/mol. The number of amides is 1. The number of aryl methyl sites for hydroxylation is 1. The number of para-hydroxylation sites is 1. The van der Waals surface area contributed by atoms with Crippen molar-refractivity contribution < 1.29 is 41.0 Å². The molecule has 7 nitrogen and oxygen atoms in total. The predicted molar refractivity (Wildman–Crippen MR) is 165 cm³/mol. The van der Waals surface area contributed by atoms with E-state index >= 15 is 0 Å². The Morgan fingerprint density at radius 2 is 1.62 bits per heavy atom. The fourth-order valence-corrected chi connectivity index (χ4v) is 6.73. The minimum atomic E-state index is -4.88. The summed E-state index contributed by atoms with van der Waals surface area (Å²) in [4.78, 5) is 40.6. The maximum Gasteiger partial charge on any atom is 0.417 e. The average molecular weight is 662 g/mol. The number of likely N-dealkylation sites (tertiary alicyclic amines) is 1. The van der Waals surface area contributed by atoms with Crippen molar-refractivity contribution in [2.24, 2.45) is 12.5 Å². The van der Waals surface area contributed by atoms with Crippen molar-refractivity contribution in [3.8, 4) is 11.1 Å². The topological polar surface area (TPSA) is 91.6 Å². The number of piperidine rings is 1. The first kappa shape index (κ1) is 34.0. The van der Waals surface area contributed by atoms with Crippen LogP contribution in [0.4, 0.5) is 26.3 Å². The molecule has 0 bridgehead atoms. The normalized spacial score (nSPS) is 20.0. The molecule has 4 aromatic rings. The largest absolute Gasteiger partial charge is 0.480 e. The minimum Gasteiger partial charge on any atom is -0.480 e. The van der Waals surface area contributed by atoms with Crippen molar-refractivity contribution in [3.05, 3.63) is 82.1 Å². The van der Waals surface area contributed by atoms with Crippen molar-refractivity contribution in [3.63, 3.8) is 0 Å². The highest BCUT2D eigenvalue weighted by Crippen LogP contribution is 2.42. The maximum atomic E-state index is 14.6.